The first-order valence-corrected chi connectivity index (χ1v) is 8.65. The summed E-state index contributed by atoms with van der Waals surface area (Å²) in [6, 6.07) is 5.34. The van der Waals surface area contributed by atoms with Crippen LogP contribution in [-0.4, -0.2) is 48.8 Å². The highest BCUT2D eigenvalue weighted by atomic mass is 32.2. The van der Waals surface area contributed by atoms with Gasteiger partial charge in [-0.15, -0.1) is 0 Å². The van der Waals surface area contributed by atoms with Crippen LogP contribution < -0.4 is 5.73 Å². The van der Waals surface area contributed by atoms with Crippen LogP contribution in [0.25, 0.3) is 10.9 Å². The van der Waals surface area contributed by atoms with E-state index in [4.69, 9.17) is 5.73 Å². The fraction of sp³-hybridized carbons (Fsp3) is 0.357. The van der Waals surface area contributed by atoms with Gasteiger partial charge in [-0.25, -0.2) is 8.42 Å². The van der Waals surface area contributed by atoms with Crippen molar-refractivity contribution in [3.8, 4) is 0 Å². The third kappa shape index (κ3) is 2.73. The number of anilines is 1. The van der Waals surface area contributed by atoms with Gasteiger partial charge in [0.1, 0.15) is 0 Å². The summed E-state index contributed by atoms with van der Waals surface area (Å²) in [5.74, 6) is 0.0537. The van der Waals surface area contributed by atoms with Crippen molar-refractivity contribution in [2.24, 2.45) is 0 Å². The Morgan fingerprint density at radius 3 is 2.86 bits per heavy atom. The van der Waals surface area contributed by atoms with Crippen molar-refractivity contribution in [1.82, 2.24) is 9.88 Å². The van der Waals surface area contributed by atoms with E-state index < -0.39 is 9.84 Å². The Balaban J connectivity index is 1.90. The Hall–Kier alpha value is -2.02. The van der Waals surface area contributed by atoms with Crippen LogP contribution in [0.2, 0.25) is 0 Å². The van der Waals surface area contributed by atoms with Crippen molar-refractivity contribution in [2.75, 3.05) is 30.3 Å². The average Bonchev–Trinajstić information content (AvgIpc) is 2.75. The van der Waals surface area contributed by atoms with Crippen LogP contribution in [0.5, 0.6) is 0 Å². The molecule has 0 bridgehead atoms. The highest BCUT2D eigenvalue weighted by molar-refractivity contribution is 7.91. The molecule has 21 heavy (non-hydrogen) atoms. The minimum Gasteiger partial charge on any atom is -0.399 e. The number of sulfone groups is 1. The van der Waals surface area contributed by atoms with Gasteiger partial charge in [0.05, 0.1) is 17.1 Å². The van der Waals surface area contributed by atoms with E-state index in [2.05, 4.69) is 4.98 Å². The van der Waals surface area contributed by atoms with Gasteiger partial charge < -0.3 is 15.6 Å². The number of H-pyrrole nitrogens is 1. The number of aromatic amines is 1. The van der Waals surface area contributed by atoms with E-state index in [9.17, 15) is 13.2 Å². The molecule has 0 atom stereocenters. The highest BCUT2D eigenvalue weighted by Gasteiger charge is 2.24. The van der Waals surface area contributed by atoms with E-state index in [0.717, 1.165) is 10.9 Å². The molecule has 1 aromatic carbocycles. The average molecular weight is 307 g/mol. The molecule has 1 aromatic heterocycles. The smallest absolute Gasteiger partial charge is 0.256 e. The number of nitrogens with two attached hydrogens (primary N) is 1. The molecule has 0 spiro atoms. The van der Waals surface area contributed by atoms with E-state index in [1.165, 1.54) is 0 Å². The molecule has 112 valence electrons. The quantitative estimate of drug-likeness (QED) is 0.768. The van der Waals surface area contributed by atoms with Crippen LogP contribution in [0.15, 0.2) is 24.4 Å². The van der Waals surface area contributed by atoms with Gasteiger partial charge in [-0.05, 0) is 24.6 Å². The summed E-state index contributed by atoms with van der Waals surface area (Å²) in [4.78, 5) is 17.3. The minimum absolute atomic E-state index is 0.0358. The number of rotatable bonds is 1. The summed E-state index contributed by atoms with van der Waals surface area (Å²) in [6.07, 6.45) is 2.15. The third-order valence-electron chi connectivity index (χ3n) is 3.78. The van der Waals surface area contributed by atoms with Crippen LogP contribution in [0, 0.1) is 0 Å². The molecule has 1 fully saturated rings. The fourth-order valence-electron chi connectivity index (χ4n) is 2.63. The van der Waals surface area contributed by atoms with Gasteiger partial charge in [0, 0.05) is 35.9 Å². The molecule has 7 heteroatoms. The van der Waals surface area contributed by atoms with Gasteiger partial charge in [-0.3, -0.25) is 4.79 Å². The van der Waals surface area contributed by atoms with Gasteiger partial charge in [0.15, 0.2) is 9.84 Å². The lowest BCUT2D eigenvalue weighted by molar-refractivity contribution is 0.0770. The number of aromatic nitrogens is 1. The second kappa shape index (κ2) is 5.07. The number of hydrogen-bond donors (Lipinski definition) is 2. The number of nitrogen functional groups attached to an aromatic ring is 1. The number of nitrogens with one attached hydrogen (secondary N) is 1. The summed E-state index contributed by atoms with van der Waals surface area (Å²) >= 11 is 0. The number of nitrogens with zero attached hydrogens (tertiary/aromatic N) is 1. The van der Waals surface area contributed by atoms with Crippen molar-refractivity contribution in [3.05, 3.63) is 30.0 Å². The maximum Gasteiger partial charge on any atom is 0.256 e. The first-order valence-electron chi connectivity index (χ1n) is 6.82. The number of fused-ring (bicyclic) bond motifs is 1. The van der Waals surface area contributed by atoms with Gasteiger partial charge in [0.25, 0.3) is 5.91 Å². The van der Waals surface area contributed by atoms with Crippen molar-refractivity contribution in [2.45, 2.75) is 6.42 Å². The van der Waals surface area contributed by atoms with Crippen LogP contribution >= 0.6 is 0 Å². The molecular formula is C14H17N3O3S. The van der Waals surface area contributed by atoms with Crippen LogP contribution in [0.4, 0.5) is 5.69 Å². The normalized spacial score (nSPS) is 18.6. The molecule has 2 aromatic rings. The molecule has 1 aliphatic rings. The molecule has 1 saturated heterocycles. The van der Waals surface area contributed by atoms with Crippen molar-refractivity contribution >= 4 is 32.3 Å². The molecule has 6 nitrogen and oxygen atoms in total. The Labute approximate surface area is 122 Å². The Morgan fingerprint density at radius 2 is 2.05 bits per heavy atom. The summed E-state index contributed by atoms with van der Waals surface area (Å²) in [7, 11) is -3.02. The predicted octanol–water partition coefficient (Wildman–Crippen LogP) is 1.01. The molecule has 2 heterocycles. The molecule has 0 aliphatic carbocycles. The van der Waals surface area contributed by atoms with Crippen molar-refractivity contribution in [3.63, 3.8) is 0 Å². The molecule has 3 rings (SSSR count). The standard InChI is InChI=1S/C14H17N3O3S/c15-10-2-3-11-12(9-16-13(11)8-10)14(18)17-4-1-6-21(19,20)7-5-17/h2-3,8-9,16H,1,4-7,15H2. The fourth-order valence-corrected chi connectivity index (χ4v) is 3.90. The number of carbonyl (C=O) groups is 1. The van der Waals surface area contributed by atoms with Crippen LogP contribution in [-0.2, 0) is 9.84 Å². The molecular weight excluding hydrogens is 290 g/mol. The number of hydrogen-bond acceptors (Lipinski definition) is 4. The van der Waals surface area contributed by atoms with Gasteiger partial charge in [-0.2, -0.15) is 0 Å². The third-order valence-corrected chi connectivity index (χ3v) is 5.49. The molecule has 3 N–H and O–H groups in total. The van der Waals surface area contributed by atoms with E-state index >= 15 is 0 Å². The number of benzene rings is 1. The summed E-state index contributed by atoms with van der Waals surface area (Å²) < 4.78 is 23.2. The lowest BCUT2D eigenvalue weighted by atomic mass is 10.1. The zero-order valence-electron chi connectivity index (χ0n) is 11.5. The zero-order chi connectivity index (χ0) is 15.0. The van der Waals surface area contributed by atoms with E-state index in [1.54, 1.807) is 23.2 Å². The van der Waals surface area contributed by atoms with Crippen molar-refractivity contribution < 1.29 is 13.2 Å². The predicted molar refractivity (Wildman–Crippen MR) is 81.9 cm³/mol. The topological polar surface area (TPSA) is 96.3 Å². The number of amides is 1. The lowest BCUT2D eigenvalue weighted by Gasteiger charge is -2.19. The second-order valence-electron chi connectivity index (χ2n) is 5.30. The molecule has 1 aliphatic heterocycles. The lowest BCUT2D eigenvalue weighted by Crippen LogP contribution is -2.33. The Kier molecular flexibility index (Phi) is 3.36. The zero-order valence-corrected chi connectivity index (χ0v) is 12.3. The summed E-state index contributed by atoms with van der Waals surface area (Å²) in [5, 5.41) is 0.807. The number of carbonyl (C=O) groups excluding carboxylic acids is 1. The Morgan fingerprint density at radius 1 is 1.24 bits per heavy atom. The first kappa shape index (κ1) is 13.9. The Bertz CT molecular complexity index is 795. The van der Waals surface area contributed by atoms with E-state index in [1.807, 2.05) is 6.07 Å². The molecule has 0 radical (unpaired) electrons. The first-order chi connectivity index (χ1) is 9.96. The molecule has 1 amide bonds. The maximum absolute atomic E-state index is 12.6. The van der Waals surface area contributed by atoms with Gasteiger partial charge >= 0.3 is 0 Å². The summed E-state index contributed by atoms with van der Waals surface area (Å²) in [5.41, 5.74) is 7.72. The van der Waals surface area contributed by atoms with Crippen LogP contribution in [0.1, 0.15) is 16.8 Å². The van der Waals surface area contributed by atoms with Gasteiger partial charge in [0.2, 0.25) is 0 Å². The van der Waals surface area contributed by atoms with E-state index in [0.29, 0.717) is 24.2 Å². The molecule has 0 unspecified atom stereocenters. The van der Waals surface area contributed by atoms with Crippen LogP contribution in [0.3, 0.4) is 0 Å². The maximum atomic E-state index is 12.6. The SMILES string of the molecule is Nc1ccc2c(C(=O)N3CCCS(=O)(=O)CC3)c[nH]c2c1. The van der Waals surface area contributed by atoms with Crippen molar-refractivity contribution in [1.29, 1.82) is 0 Å². The largest absolute Gasteiger partial charge is 0.399 e. The summed E-state index contributed by atoms with van der Waals surface area (Å²) in [6.45, 7) is 0.725. The van der Waals surface area contributed by atoms with Gasteiger partial charge in [-0.1, -0.05) is 0 Å². The highest BCUT2D eigenvalue weighted by Crippen LogP contribution is 2.22. The molecule has 0 saturated carbocycles. The minimum atomic E-state index is -3.02. The second-order valence-corrected chi connectivity index (χ2v) is 7.61. The van der Waals surface area contributed by atoms with E-state index in [-0.39, 0.29) is 24.0 Å². The monoisotopic (exact) mass is 307 g/mol.